The van der Waals surface area contributed by atoms with E-state index in [-0.39, 0.29) is 0 Å². The Morgan fingerprint density at radius 1 is 0.913 bits per heavy atom. The van der Waals surface area contributed by atoms with Crippen LogP contribution in [-0.4, -0.2) is 6.21 Å². The molecule has 0 aliphatic carbocycles. The molecule has 0 saturated carbocycles. The van der Waals surface area contributed by atoms with Crippen molar-refractivity contribution in [2.45, 2.75) is 6.92 Å². The van der Waals surface area contributed by atoms with Gasteiger partial charge in [0, 0.05) is 17.4 Å². The molecular weight excluding hydrogens is 278 g/mol. The molecule has 0 heterocycles. The molecule has 0 fully saturated rings. The number of nitrogens with zero attached hydrogens (tertiary/aromatic N) is 1. The highest BCUT2D eigenvalue weighted by molar-refractivity contribution is 5.79. The van der Waals surface area contributed by atoms with E-state index in [4.69, 9.17) is 0 Å². The van der Waals surface area contributed by atoms with E-state index in [9.17, 15) is 0 Å². The molecule has 2 rings (SSSR count). The van der Waals surface area contributed by atoms with Crippen LogP contribution in [0.1, 0.15) is 12.5 Å². The zero-order chi connectivity index (χ0) is 16.5. The lowest BCUT2D eigenvalue weighted by Crippen LogP contribution is -1.87. The summed E-state index contributed by atoms with van der Waals surface area (Å²) >= 11 is 0. The van der Waals surface area contributed by atoms with Gasteiger partial charge < -0.3 is 0 Å². The summed E-state index contributed by atoms with van der Waals surface area (Å²) in [6.07, 6.45) is 9.21. The third kappa shape index (κ3) is 4.27. The van der Waals surface area contributed by atoms with Crippen LogP contribution in [0, 0.1) is 0 Å². The maximum atomic E-state index is 4.52. The number of rotatable bonds is 6. The lowest BCUT2D eigenvalue weighted by atomic mass is 10.0. The molecule has 23 heavy (non-hydrogen) atoms. The molecule has 2 aromatic rings. The molecule has 0 bridgehead atoms. The molecular formula is C22H21N. The molecule has 0 aliphatic heterocycles. The summed E-state index contributed by atoms with van der Waals surface area (Å²) < 4.78 is 0. The molecule has 1 heteroatoms. The fourth-order valence-electron chi connectivity index (χ4n) is 2.31. The Labute approximate surface area is 138 Å². The van der Waals surface area contributed by atoms with Crippen LogP contribution in [0.15, 0.2) is 103 Å². The molecule has 0 N–H and O–H groups in total. The molecule has 2 aromatic carbocycles. The van der Waals surface area contributed by atoms with E-state index in [1.54, 1.807) is 12.3 Å². The highest BCUT2D eigenvalue weighted by Gasteiger charge is 2.05. The second-order valence-corrected chi connectivity index (χ2v) is 4.93. The van der Waals surface area contributed by atoms with Gasteiger partial charge in [-0.2, -0.15) is 0 Å². The molecule has 0 unspecified atom stereocenters. The first kappa shape index (κ1) is 16.4. The first-order chi connectivity index (χ1) is 11.3. The average molecular weight is 299 g/mol. The maximum absolute atomic E-state index is 4.52. The Bertz CT molecular complexity index is 744. The predicted molar refractivity (Wildman–Crippen MR) is 102 cm³/mol. The Hall–Kier alpha value is -2.93. The van der Waals surface area contributed by atoms with E-state index in [1.165, 1.54) is 11.1 Å². The minimum Gasteiger partial charge on any atom is -0.260 e. The van der Waals surface area contributed by atoms with E-state index < -0.39 is 0 Å². The highest BCUT2D eigenvalue weighted by atomic mass is 14.7. The second-order valence-electron chi connectivity index (χ2n) is 4.93. The largest absolute Gasteiger partial charge is 0.260 e. The van der Waals surface area contributed by atoms with Gasteiger partial charge in [0.25, 0.3) is 0 Å². The summed E-state index contributed by atoms with van der Waals surface area (Å²) in [5.41, 5.74) is 5.33. The van der Waals surface area contributed by atoms with E-state index >= 15 is 0 Å². The summed E-state index contributed by atoms with van der Waals surface area (Å²) in [4.78, 5) is 4.52. The van der Waals surface area contributed by atoms with Crippen molar-refractivity contribution in [2.24, 2.45) is 4.99 Å². The van der Waals surface area contributed by atoms with Crippen molar-refractivity contribution in [3.8, 4) is 11.1 Å². The lowest BCUT2D eigenvalue weighted by molar-refractivity contribution is 1.47. The smallest absolute Gasteiger partial charge is 0.0769 e. The number of benzene rings is 2. The fraction of sp³-hybridized carbons (Fsp3) is 0.0455. The molecule has 114 valence electrons. The normalized spacial score (nSPS) is 12.4. The topological polar surface area (TPSA) is 12.4 Å². The van der Waals surface area contributed by atoms with Gasteiger partial charge in [-0.25, -0.2) is 0 Å². The minimum atomic E-state index is 0.903. The average Bonchev–Trinajstić information content (AvgIpc) is 2.62. The molecule has 0 radical (unpaired) electrons. The minimum absolute atomic E-state index is 0.903. The van der Waals surface area contributed by atoms with Crippen LogP contribution in [0.4, 0.5) is 0 Å². The summed E-state index contributed by atoms with van der Waals surface area (Å²) in [7, 11) is 0. The summed E-state index contributed by atoms with van der Waals surface area (Å²) in [6, 6.07) is 18.8. The number of allylic oxidation sites excluding steroid dienone is 5. The molecule has 0 amide bonds. The van der Waals surface area contributed by atoms with Crippen LogP contribution in [-0.2, 0) is 0 Å². The quantitative estimate of drug-likeness (QED) is 0.452. The van der Waals surface area contributed by atoms with Gasteiger partial charge in [0.05, 0.1) is 5.70 Å². The van der Waals surface area contributed by atoms with Gasteiger partial charge in [0.1, 0.15) is 0 Å². The SMILES string of the molecule is C=C/C=C\C(C=C)=C(\N=CC)c1ccc(-c2ccccc2)cc1. The Kier molecular flexibility index (Phi) is 6.07. The molecule has 0 saturated heterocycles. The van der Waals surface area contributed by atoms with Gasteiger partial charge >= 0.3 is 0 Å². The monoisotopic (exact) mass is 299 g/mol. The van der Waals surface area contributed by atoms with Crippen LogP contribution in [0.5, 0.6) is 0 Å². The summed E-state index contributed by atoms with van der Waals surface area (Å²) in [5.74, 6) is 0. The third-order valence-corrected chi connectivity index (χ3v) is 3.43. The Morgan fingerprint density at radius 3 is 2.13 bits per heavy atom. The van der Waals surface area contributed by atoms with Crippen LogP contribution in [0.3, 0.4) is 0 Å². The molecule has 1 nitrogen and oxygen atoms in total. The van der Waals surface area contributed by atoms with Crippen molar-refractivity contribution < 1.29 is 0 Å². The Morgan fingerprint density at radius 2 is 1.57 bits per heavy atom. The third-order valence-electron chi connectivity index (χ3n) is 3.43. The van der Waals surface area contributed by atoms with Gasteiger partial charge in [-0.05, 0) is 18.1 Å². The van der Waals surface area contributed by atoms with Gasteiger partial charge in [0.15, 0.2) is 0 Å². The first-order valence-electron chi connectivity index (χ1n) is 7.60. The van der Waals surface area contributed by atoms with E-state index in [0.29, 0.717) is 0 Å². The van der Waals surface area contributed by atoms with Crippen LogP contribution in [0.2, 0.25) is 0 Å². The number of hydrogen-bond acceptors (Lipinski definition) is 1. The summed E-state index contributed by atoms with van der Waals surface area (Å²) in [6.45, 7) is 9.51. The standard InChI is InChI=1S/C22H21N/c1-4-7-11-18(5-2)22(23-6-3)21-16-14-20(15-17-21)19-12-9-8-10-13-19/h4-17H,1-2H2,3H3/b11-7-,22-18+,23-6?. The molecule has 0 atom stereocenters. The second kappa shape index (κ2) is 8.50. The highest BCUT2D eigenvalue weighted by Crippen LogP contribution is 2.25. The van der Waals surface area contributed by atoms with E-state index in [0.717, 1.165) is 16.8 Å². The zero-order valence-electron chi connectivity index (χ0n) is 13.4. The number of hydrogen-bond donors (Lipinski definition) is 0. The maximum Gasteiger partial charge on any atom is 0.0769 e. The van der Waals surface area contributed by atoms with Crippen LogP contribution < -0.4 is 0 Å². The van der Waals surface area contributed by atoms with Crippen molar-refractivity contribution in [1.29, 1.82) is 0 Å². The van der Waals surface area contributed by atoms with Gasteiger partial charge in [-0.1, -0.05) is 92.1 Å². The lowest BCUT2D eigenvalue weighted by Gasteiger charge is -2.08. The van der Waals surface area contributed by atoms with E-state index in [1.807, 2.05) is 43.4 Å². The van der Waals surface area contributed by atoms with Crippen LogP contribution >= 0.6 is 0 Å². The molecule has 0 spiro atoms. The van der Waals surface area contributed by atoms with Gasteiger partial charge in [-0.3, -0.25) is 4.99 Å². The van der Waals surface area contributed by atoms with E-state index in [2.05, 4.69) is 54.5 Å². The molecule has 0 aromatic heterocycles. The molecule has 0 aliphatic rings. The van der Waals surface area contributed by atoms with Crippen molar-refractivity contribution in [3.05, 3.63) is 103 Å². The van der Waals surface area contributed by atoms with Gasteiger partial charge in [0.2, 0.25) is 0 Å². The van der Waals surface area contributed by atoms with Crippen molar-refractivity contribution in [1.82, 2.24) is 0 Å². The predicted octanol–water partition coefficient (Wildman–Crippen LogP) is 6.08. The van der Waals surface area contributed by atoms with Crippen molar-refractivity contribution in [3.63, 3.8) is 0 Å². The fourth-order valence-corrected chi connectivity index (χ4v) is 2.31. The first-order valence-corrected chi connectivity index (χ1v) is 7.60. The zero-order valence-corrected chi connectivity index (χ0v) is 13.4. The Balaban J connectivity index is 2.45. The van der Waals surface area contributed by atoms with Gasteiger partial charge in [-0.15, -0.1) is 0 Å². The van der Waals surface area contributed by atoms with Crippen molar-refractivity contribution in [2.75, 3.05) is 0 Å². The van der Waals surface area contributed by atoms with Crippen molar-refractivity contribution >= 4 is 11.9 Å². The number of aliphatic imine (C=N–C) groups is 1. The van der Waals surface area contributed by atoms with Crippen LogP contribution in [0.25, 0.3) is 16.8 Å². The summed E-state index contributed by atoms with van der Waals surface area (Å²) in [5, 5.41) is 0.